The molecule has 0 aliphatic carbocycles. The molecule has 2 aromatic carbocycles. The molecule has 41 heavy (non-hydrogen) atoms. The summed E-state index contributed by atoms with van der Waals surface area (Å²) in [6, 6.07) is 8.51. The Kier molecular flexibility index (Phi) is 8.39. The van der Waals surface area contributed by atoms with Crippen LogP contribution < -0.4 is 9.47 Å². The van der Waals surface area contributed by atoms with Crippen molar-refractivity contribution in [1.82, 2.24) is 0 Å². The number of carbonyl (C=O) groups excluding carboxylic acids is 1. The summed E-state index contributed by atoms with van der Waals surface area (Å²) in [6.07, 6.45) is -15.6. The van der Waals surface area contributed by atoms with Crippen LogP contribution in [0.3, 0.4) is 0 Å². The first-order chi connectivity index (χ1) is 19.4. The number of hydrogen-bond acceptors (Lipinski definition) is 14. The number of carbonyl (C=O) groups is 1. The average molecular weight is 581 g/mol. The number of aromatic hydroxyl groups is 2. The van der Waals surface area contributed by atoms with Crippen LogP contribution in [0, 0.1) is 0 Å². The van der Waals surface area contributed by atoms with Crippen LogP contribution in [0.5, 0.6) is 23.0 Å². The lowest BCUT2D eigenvalue weighted by atomic mass is 9.95. The van der Waals surface area contributed by atoms with Gasteiger partial charge in [0.25, 0.3) is 0 Å². The molecule has 2 aromatic rings. The third kappa shape index (κ3) is 5.83. The van der Waals surface area contributed by atoms with Crippen molar-refractivity contribution in [3.05, 3.63) is 47.5 Å². The molecule has 5 unspecified atom stereocenters. The molecule has 2 saturated heterocycles. The van der Waals surface area contributed by atoms with Gasteiger partial charge in [-0.3, -0.25) is 4.79 Å². The highest BCUT2D eigenvalue weighted by atomic mass is 16.7. The number of Topliss-reactive ketones (excluding diaryl/α,β-unsaturated/α-hetero) is 1. The molecule has 2 fully saturated rings. The molecule has 0 aromatic heterocycles. The van der Waals surface area contributed by atoms with E-state index in [-0.39, 0.29) is 29.2 Å². The summed E-state index contributed by atoms with van der Waals surface area (Å²) in [7, 11) is 0. The molecular weight excluding hydrogens is 548 g/mol. The highest BCUT2D eigenvalue weighted by molar-refractivity contribution is 6.02. The van der Waals surface area contributed by atoms with Gasteiger partial charge in [-0.05, 0) is 24.6 Å². The number of fused-ring (bicyclic) bond motifs is 1. The van der Waals surface area contributed by atoms with Gasteiger partial charge in [-0.25, -0.2) is 0 Å². The van der Waals surface area contributed by atoms with E-state index in [2.05, 4.69) is 0 Å². The van der Waals surface area contributed by atoms with Crippen molar-refractivity contribution >= 4 is 5.78 Å². The lowest BCUT2D eigenvalue weighted by molar-refractivity contribution is -0.318. The Balaban J connectivity index is 1.30. The number of phenolic OH excluding ortho intramolecular Hbond substituents is 2. The number of aliphatic hydroxyl groups is 6. The standard InChI is InChI=1S/C27H32O14/c1-10-20(31)22(33)24(35)26(38-10)37-9-18-21(32)23(34)25(36)27(41-18)39-13-6-14(29)19-15(30)8-16(40-17(19)7-13)11-2-4-12(28)5-3-11/h2-7,10,16,18,20-29,31-36H,8-9H2,1H3/t10?,16?,18?,20-,21+,22-,23+,24?,25?,26-,27+/m0/s1. The average Bonchev–Trinajstić information content (AvgIpc) is 2.94. The van der Waals surface area contributed by atoms with Crippen LogP contribution in [-0.4, -0.2) is 115 Å². The summed E-state index contributed by atoms with van der Waals surface area (Å²) in [4.78, 5) is 12.8. The minimum Gasteiger partial charge on any atom is -0.508 e. The summed E-state index contributed by atoms with van der Waals surface area (Å²) in [6.45, 7) is 0.980. The molecule has 0 amide bonds. The maximum absolute atomic E-state index is 12.8. The fourth-order valence-electron chi connectivity index (χ4n) is 4.98. The predicted molar refractivity (Wildman–Crippen MR) is 134 cm³/mol. The van der Waals surface area contributed by atoms with E-state index >= 15 is 0 Å². The second-order valence-corrected chi connectivity index (χ2v) is 10.3. The van der Waals surface area contributed by atoms with E-state index in [0.29, 0.717) is 5.56 Å². The summed E-state index contributed by atoms with van der Waals surface area (Å²) in [5.41, 5.74) is 0.550. The molecule has 0 bridgehead atoms. The van der Waals surface area contributed by atoms with Crippen molar-refractivity contribution in [3.63, 3.8) is 0 Å². The van der Waals surface area contributed by atoms with E-state index in [1.165, 1.54) is 25.1 Å². The van der Waals surface area contributed by atoms with Crippen LogP contribution in [-0.2, 0) is 14.2 Å². The SMILES string of the molecule is CC1O[C@H](OCC2O[C@@H](Oc3cc(O)c4c(c3)OC(c3ccc(O)cc3)CC4=O)C(O)[C@H](O)[C@@H]2O)C(O)[C@@H](O)[C@H]1O. The number of phenols is 2. The van der Waals surface area contributed by atoms with E-state index < -0.39 is 85.7 Å². The van der Waals surface area contributed by atoms with Crippen LogP contribution in [0.2, 0.25) is 0 Å². The molecule has 3 aliphatic rings. The maximum Gasteiger partial charge on any atom is 0.229 e. The molecule has 5 rings (SSSR count). The second kappa shape index (κ2) is 11.7. The molecule has 3 heterocycles. The third-order valence-corrected chi connectivity index (χ3v) is 7.39. The van der Waals surface area contributed by atoms with Gasteiger partial charge < -0.3 is 64.5 Å². The zero-order chi connectivity index (χ0) is 29.6. The molecule has 0 saturated carbocycles. The van der Waals surface area contributed by atoms with Crippen molar-refractivity contribution in [2.45, 2.75) is 80.9 Å². The van der Waals surface area contributed by atoms with Gasteiger partial charge in [0.15, 0.2) is 12.1 Å². The van der Waals surface area contributed by atoms with Gasteiger partial charge in [-0.15, -0.1) is 0 Å². The summed E-state index contributed by atoms with van der Waals surface area (Å²) < 4.78 is 28.0. The third-order valence-electron chi connectivity index (χ3n) is 7.39. The fourth-order valence-corrected chi connectivity index (χ4v) is 4.98. The van der Waals surface area contributed by atoms with Gasteiger partial charge in [0.05, 0.1) is 19.1 Å². The molecule has 224 valence electrons. The molecule has 14 heteroatoms. The quantitative estimate of drug-likeness (QED) is 0.202. The van der Waals surface area contributed by atoms with E-state index in [1.807, 2.05) is 0 Å². The summed E-state index contributed by atoms with van der Waals surface area (Å²) >= 11 is 0. The molecule has 14 nitrogen and oxygen atoms in total. The Bertz CT molecular complexity index is 1240. The van der Waals surface area contributed by atoms with Gasteiger partial charge >= 0.3 is 0 Å². The predicted octanol–water partition coefficient (Wildman–Crippen LogP) is -1.17. The Morgan fingerprint density at radius 1 is 0.829 bits per heavy atom. The number of hydrogen-bond donors (Lipinski definition) is 8. The Morgan fingerprint density at radius 2 is 1.49 bits per heavy atom. The molecule has 8 N–H and O–H groups in total. The van der Waals surface area contributed by atoms with Crippen molar-refractivity contribution in [3.8, 4) is 23.0 Å². The zero-order valence-electron chi connectivity index (χ0n) is 21.8. The van der Waals surface area contributed by atoms with Crippen molar-refractivity contribution in [2.24, 2.45) is 0 Å². The van der Waals surface area contributed by atoms with Crippen LogP contribution >= 0.6 is 0 Å². The van der Waals surface area contributed by atoms with Gasteiger partial charge in [0.1, 0.15) is 77.4 Å². The molecule has 3 aliphatic heterocycles. The molecular formula is C27H32O14. The van der Waals surface area contributed by atoms with E-state index in [9.17, 15) is 45.6 Å². The molecule has 0 radical (unpaired) electrons. The normalized spacial score (nSPS) is 37.2. The number of ketones is 1. The van der Waals surface area contributed by atoms with E-state index in [1.54, 1.807) is 12.1 Å². The van der Waals surface area contributed by atoms with Gasteiger partial charge in [0, 0.05) is 12.1 Å². The minimum atomic E-state index is -1.76. The van der Waals surface area contributed by atoms with Gasteiger partial charge in [0.2, 0.25) is 6.29 Å². The second-order valence-electron chi connectivity index (χ2n) is 10.3. The highest BCUT2D eigenvalue weighted by Gasteiger charge is 2.47. The van der Waals surface area contributed by atoms with E-state index in [0.717, 1.165) is 6.07 Å². The van der Waals surface area contributed by atoms with Crippen molar-refractivity contribution in [1.29, 1.82) is 0 Å². The Morgan fingerprint density at radius 3 is 2.20 bits per heavy atom. The largest absolute Gasteiger partial charge is 0.508 e. The highest BCUT2D eigenvalue weighted by Crippen LogP contribution is 2.42. The van der Waals surface area contributed by atoms with Crippen LogP contribution in [0.15, 0.2) is 36.4 Å². The number of benzene rings is 2. The number of rotatable bonds is 6. The van der Waals surface area contributed by atoms with Gasteiger partial charge in [-0.2, -0.15) is 0 Å². The van der Waals surface area contributed by atoms with Crippen LogP contribution in [0.4, 0.5) is 0 Å². The maximum atomic E-state index is 12.8. The lowest BCUT2D eigenvalue weighted by Gasteiger charge is -2.42. The zero-order valence-corrected chi connectivity index (χ0v) is 21.8. The Hall–Kier alpha value is -3.05. The molecule has 11 atom stereocenters. The van der Waals surface area contributed by atoms with Crippen LogP contribution in [0.25, 0.3) is 0 Å². The van der Waals surface area contributed by atoms with Gasteiger partial charge in [-0.1, -0.05) is 12.1 Å². The van der Waals surface area contributed by atoms with Crippen molar-refractivity contribution < 1.29 is 69.3 Å². The minimum absolute atomic E-state index is 0.00149. The first-order valence-corrected chi connectivity index (χ1v) is 13.0. The summed E-state index contributed by atoms with van der Waals surface area (Å²) in [5, 5.41) is 81.5. The lowest BCUT2D eigenvalue weighted by Crippen LogP contribution is -2.61. The fraction of sp³-hybridized carbons (Fsp3) is 0.519. The van der Waals surface area contributed by atoms with E-state index in [4.69, 9.17) is 23.7 Å². The first-order valence-electron chi connectivity index (χ1n) is 13.0. The Labute approximate surface area is 233 Å². The first kappa shape index (κ1) is 29.4. The summed E-state index contributed by atoms with van der Waals surface area (Å²) in [5.74, 6) is -0.893. The molecule has 0 spiro atoms. The topological polar surface area (TPSA) is 225 Å². The smallest absolute Gasteiger partial charge is 0.229 e. The monoisotopic (exact) mass is 580 g/mol. The van der Waals surface area contributed by atoms with Crippen LogP contribution in [0.1, 0.15) is 35.4 Å². The van der Waals surface area contributed by atoms with Crippen molar-refractivity contribution in [2.75, 3.05) is 6.61 Å². The number of ether oxygens (including phenoxy) is 5. The number of aliphatic hydroxyl groups excluding tert-OH is 6.